The Kier molecular flexibility index (Phi) is 10.1. The minimum Gasteiger partial charge on any atom is -0.467 e. The molecule has 7 N–H and O–H groups in total. The average molecular weight is 466 g/mol. The molecule has 0 saturated heterocycles. The van der Waals surface area contributed by atoms with E-state index < -0.39 is 43.0 Å². The van der Waals surface area contributed by atoms with E-state index in [-0.39, 0.29) is 12.4 Å². The van der Waals surface area contributed by atoms with E-state index in [9.17, 15) is 19.5 Å². The van der Waals surface area contributed by atoms with Crippen molar-refractivity contribution < 1.29 is 24.2 Å². The van der Waals surface area contributed by atoms with Gasteiger partial charge in [0.15, 0.2) is 12.0 Å². The van der Waals surface area contributed by atoms with Gasteiger partial charge in [-0.1, -0.05) is 42.2 Å². The van der Waals surface area contributed by atoms with E-state index in [2.05, 4.69) is 27.5 Å². The molecule has 0 aliphatic heterocycles. The van der Waals surface area contributed by atoms with Crippen molar-refractivity contribution >= 4 is 23.7 Å². The van der Waals surface area contributed by atoms with Gasteiger partial charge in [0.25, 0.3) is 0 Å². The van der Waals surface area contributed by atoms with E-state index in [4.69, 9.17) is 16.2 Å². The molecule has 0 radical (unpaired) electrons. The Bertz CT molecular complexity index is 1070. The van der Waals surface area contributed by atoms with Crippen molar-refractivity contribution in [3.63, 3.8) is 0 Å². The number of methoxy groups -OCH3 is 1. The molecule has 0 fully saturated rings. The van der Waals surface area contributed by atoms with Gasteiger partial charge in [-0.15, -0.1) is 0 Å². The van der Waals surface area contributed by atoms with E-state index in [1.54, 1.807) is 12.1 Å². The van der Waals surface area contributed by atoms with Crippen LogP contribution in [0.5, 0.6) is 0 Å². The minimum atomic E-state index is -1.24. The van der Waals surface area contributed by atoms with Crippen LogP contribution >= 0.6 is 0 Å². The number of nitrogens with two attached hydrogens (primary N) is 2. The van der Waals surface area contributed by atoms with Gasteiger partial charge in [0.1, 0.15) is 6.04 Å². The maximum atomic E-state index is 12.3. The number of hydrogen-bond donors (Lipinski definition) is 5. The molecule has 2 aromatic carbocycles. The van der Waals surface area contributed by atoms with E-state index in [0.29, 0.717) is 0 Å². The van der Waals surface area contributed by atoms with E-state index in [0.717, 1.165) is 16.7 Å². The summed E-state index contributed by atoms with van der Waals surface area (Å²) in [5.41, 5.74) is 12.9. The molecule has 0 aromatic heterocycles. The second-order valence-electron chi connectivity index (χ2n) is 7.13. The molecular formula is C24H27N5O5. The predicted molar refractivity (Wildman–Crippen MR) is 126 cm³/mol. The molecule has 2 rings (SSSR count). The molecule has 0 unspecified atom stereocenters. The van der Waals surface area contributed by atoms with Crippen molar-refractivity contribution in [1.29, 1.82) is 0 Å². The zero-order chi connectivity index (χ0) is 24.9. The lowest BCUT2D eigenvalue weighted by Gasteiger charge is -2.17. The molecule has 0 aliphatic carbocycles. The van der Waals surface area contributed by atoms with Gasteiger partial charge < -0.3 is 31.9 Å². The fourth-order valence-electron chi connectivity index (χ4n) is 2.85. The monoisotopic (exact) mass is 465 g/mol. The third-order valence-electron chi connectivity index (χ3n) is 4.54. The fourth-order valence-corrected chi connectivity index (χ4v) is 2.85. The average Bonchev–Trinajstić information content (AvgIpc) is 2.85. The first-order valence-electron chi connectivity index (χ1n) is 10.3. The number of aliphatic imine (C=N–C) groups is 1. The van der Waals surface area contributed by atoms with Crippen molar-refractivity contribution in [2.45, 2.75) is 18.5 Å². The van der Waals surface area contributed by atoms with Crippen molar-refractivity contribution in [1.82, 2.24) is 10.6 Å². The molecule has 178 valence electrons. The van der Waals surface area contributed by atoms with Crippen LogP contribution in [0.15, 0.2) is 59.6 Å². The lowest BCUT2D eigenvalue weighted by atomic mass is 10.0. The van der Waals surface area contributed by atoms with Gasteiger partial charge in [0.2, 0.25) is 11.8 Å². The zero-order valence-corrected chi connectivity index (χ0v) is 18.7. The van der Waals surface area contributed by atoms with Crippen molar-refractivity contribution in [2.75, 3.05) is 20.3 Å². The Morgan fingerprint density at radius 3 is 2.21 bits per heavy atom. The number of guanidine groups is 1. The van der Waals surface area contributed by atoms with Gasteiger partial charge in [0, 0.05) is 17.5 Å². The highest BCUT2D eigenvalue weighted by Gasteiger charge is 2.23. The topological polar surface area (TPSA) is 169 Å². The standard InChI is InChI=1S/C24H27N5O5/c1-34-23(33)19(28-21(31)14-27-22(32)20(15-30)29-24(25)26)13-18-11-9-17(10-12-18)8-7-16-5-3-2-4-6-16/h2-6,9-12,19-20,30H,13-15H2,1H3,(H,27,32)(H,28,31)(H4,25,26,29)/t19-,20+/m0/s1. The van der Waals surface area contributed by atoms with Crippen molar-refractivity contribution in [3.05, 3.63) is 71.3 Å². The predicted octanol–water partition coefficient (Wildman–Crippen LogP) is -0.963. The molecule has 10 heteroatoms. The molecule has 0 saturated carbocycles. The third-order valence-corrected chi connectivity index (χ3v) is 4.54. The number of hydrogen-bond acceptors (Lipinski definition) is 6. The smallest absolute Gasteiger partial charge is 0.328 e. The van der Waals surface area contributed by atoms with Gasteiger partial charge in [0.05, 0.1) is 20.3 Å². The number of esters is 1. The number of rotatable bonds is 9. The van der Waals surface area contributed by atoms with Crippen LogP contribution in [0.25, 0.3) is 0 Å². The second-order valence-corrected chi connectivity index (χ2v) is 7.13. The van der Waals surface area contributed by atoms with Crippen molar-refractivity contribution in [3.8, 4) is 11.8 Å². The Balaban J connectivity index is 1.97. The van der Waals surface area contributed by atoms with E-state index in [1.165, 1.54) is 7.11 Å². The highest BCUT2D eigenvalue weighted by atomic mass is 16.5. The Morgan fingerprint density at radius 2 is 1.65 bits per heavy atom. The lowest BCUT2D eigenvalue weighted by Crippen LogP contribution is -2.48. The number of amides is 2. The quantitative estimate of drug-likeness (QED) is 0.137. The summed E-state index contributed by atoms with van der Waals surface area (Å²) >= 11 is 0. The highest BCUT2D eigenvalue weighted by molar-refractivity contribution is 5.91. The molecule has 2 amide bonds. The summed E-state index contributed by atoms with van der Waals surface area (Å²) in [6.45, 7) is -1.08. The van der Waals surface area contributed by atoms with Crippen LogP contribution in [-0.4, -0.2) is 61.2 Å². The first-order valence-corrected chi connectivity index (χ1v) is 10.3. The first kappa shape index (κ1) is 25.9. The molecule has 2 aromatic rings. The van der Waals surface area contributed by atoms with Gasteiger partial charge in [-0.05, 0) is 29.8 Å². The number of carbonyl (C=O) groups excluding carboxylic acids is 3. The summed E-state index contributed by atoms with van der Waals surface area (Å²) in [4.78, 5) is 40.0. The number of aliphatic hydroxyl groups is 1. The molecule has 10 nitrogen and oxygen atoms in total. The largest absolute Gasteiger partial charge is 0.467 e. The number of nitrogens with one attached hydrogen (secondary N) is 2. The summed E-state index contributed by atoms with van der Waals surface area (Å²) in [6.07, 6.45) is 0.173. The van der Waals surface area contributed by atoms with Crippen LogP contribution in [0.4, 0.5) is 0 Å². The molecule has 0 bridgehead atoms. The summed E-state index contributed by atoms with van der Waals surface area (Å²) in [5.74, 6) is 3.75. The third kappa shape index (κ3) is 8.64. The SMILES string of the molecule is COC(=O)[C@H](Cc1ccc(C#Cc2ccccc2)cc1)NC(=O)CNC(=O)[C@@H](CO)N=C(N)N. The number of aliphatic hydroxyl groups excluding tert-OH is 1. The molecule has 0 spiro atoms. The molecule has 2 atom stereocenters. The van der Waals surface area contributed by atoms with Crippen LogP contribution in [0.3, 0.4) is 0 Å². The van der Waals surface area contributed by atoms with Crippen LogP contribution in [0.1, 0.15) is 16.7 Å². The molecular weight excluding hydrogens is 438 g/mol. The fraction of sp³-hybridized carbons (Fsp3) is 0.250. The van der Waals surface area contributed by atoms with E-state index in [1.807, 2.05) is 42.5 Å². The highest BCUT2D eigenvalue weighted by Crippen LogP contribution is 2.08. The van der Waals surface area contributed by atoms with E-state index >= 15 is 0 Å². The van der Waals surface area contributed by atoms with Crippen LogP contribution < -0.4 is 22.1 Å². The summed E-state index contributed by atoms with van der Waals surface area (Å²) in [6, 6.07) is 14.6. The number of nitrogens with zero attached hydrogens (tertiary/aromatic N) is 1. The normalized spacial score (nSPS) is 11.7. The number of benzene rings is 2. The molecule has 0 heterocycles. The maximum Gasteiger partial charge on any atom is 0.328 e. The maximum absolute atomic E-state index is 12.3. The summed E-state index contributed by atoms with van der Waals surface area (Å²) in [7, 11) is 1.21. The minimum absolute atomic E-state index is 0.173. The van der Waals surface area contributed by atoms with Gasteiger partial charge in [-0.25, -0.2) is 9.79 Å². The van der Waals surface area contributed by atoms with Crippen LogP contribution in [0.2, 0.25) is 0 Å². The Morgan fingerprint density at radius 1 is 1.03 bits per heavy atom. The number of ether oxygens (including phenoxy) is 1. The van der Waals surface area contributed by atoms with Crippen molar-refractivity contribution in [2.24, 2.45) is 16.5 Å². The molecule has 0 aliphatic rings. The molecule has 34 heavy (non-hydrogen) atoms. The zero-order valence-electron chi connectivity index (χ0n) is 18.7. The lowest BCUT2D eigenvalue weighted by molar-refractivity contribution is -0.145. The number of carbonyl (C=O) groups is 3. The van der Waals surface area contributed by atoms with Gasteiger partial charge in [-0.3, -0.25) is 9.59 Å². The summed E-state index contributed by atoms with van der Waals surface area (Å²) < 4.78 is 4.78. The summed E-state index contributed by atoms with van der Waals surface area (Å²) in [5, 5.41) is 14.0. The van der Waals surface area contributed by atoms with Gasteiger partial charge >= 0.3 is 5.97 Å². The van der Waals surface area contributed by atoms with Crippen LogP contribution in [0, 0.1) is 11.8 Å². The van der Waals surface area contributed by atoms with Crippen LogP contribution in [-0.2, 0) is 25.5 Å². The Hall–Kier alpha value is -4.36. The second kappa shape index (κ2) is 13.2. The van der Waals surface area contributed by atoms with Gasteiger partial charge in [-0.2, -0.15) is 0 Å². The Labute approximate surface area is 197 Å². The first-order chi connectivity index (χ1) is 16.3.